The van der Waals surface area contributed by atoms with Crippen molar-refractivity contribution < 1.29 is 9.53 Å². The number of rotatable bonds is 2. The van der Waals surface area contributed by atoms with Gasteiger partial charge in [0.2, 0.25) is 5.95 Å². The molecule has 1 aliphatic rings. The summed E-state index contributed by atoms with van der Waals surface area (Å²) in [6.45, 7) is 0.703. The molecule has 1 unspecified atom stereocenters. The summed E-state index contributed by atoms with van der Waals surface area (Å²) in [6.07, 6.45) is 3.14. The van der Waals surface area contributed by atoms with E-state index < -0.39 is 0 Å². The summed E-state index contributed by atoms with van der Waals surface area (Å²) in [4.78, 5) is 21.5. The number of nitriles is 1. The van der Waals surface area contributed by atoms with E-state index in [1.807, 2.05) is 6.07 Å². The minimum Gasteiger partial charge on any atom is -0.467 e. The first-order valence-corrected chi connectivity index (χ1v) is 5.34. The van der Waals surface area contributed by atoms with Crippen molar-refractivity contribution >= 4 is 11.9 Å². The van der Waals surface area contributed by atoms with Gasteiger partial charge in [0.05, 0.1) is 7.11 Å². The maximum atomic E-state index is 11.6. The van der Waals surface area contributed by atoms with Gasteiger partial charge in [-0.15, -0.1) is 0 Å². The molecule has 0 spiro atoms. The summed E-state index contributed by atoms with van der Waals surface area (Å²) >= 11 is 0. The molecule has 1 aromatic heterocycles. The lowest BCUT2D eigenvalue weighted by Crippen LogP contribution is -2.38. The largest absolute Gasteiger partial charge is 0.467 e. The smallest absolute Gasteiger partial charge is 0.328 e. The highest BCUT2D eigenvalue weighted by Gasteiger charge is 2.33. The monoisotopic (exact) mass is 232 g/mol. The predicted octanol–water partition coefficient (Wildman–Crippen LogP) is 0.490. The van der Waals surface area contributed by atoms with E-state index in [9.17, 15) is 4.79 Å². The SMILES string of the molecule is COC(=O)C1CCCN1c1nccc(C#N)n1. The van der Waals surface area contributed by atoms with Gasteiger partial charge in [-0.25, -0.2) is 14.8 Å². The molecule has 0 aliphatic carbocycles. The molecule has 2 heterocycles. The number of hydrogen-bond acceptors (Lipinski definition) is 6. The summed E-state index contributed by atoms with van der Waals surface area (Å²) in [5, 5.41) is 8.78. The third kappa shape index (κ3) is 2.18. The van der Waals surface area contributed by atoms with Gasteiger partial charge in [0.1, 0.15) is 17.8 Å². The average molecular weight is 232 g/mol. The molecule has 0 aromatic carbocycles. The molecular formula is C11H12N4O2. The highest BCUT2D eigenvalue weighted by Crippen LogP contribution is 2.22. The van der Waals surface area contributed by atoms with Gasteiger partial charge in [0.15, 0.2) is 0 Å². The highest BCUT2D eigenvalue weighted by molar-refractivity contribution is 5.79. The molecule has 1 atom stereocenters. The van der Waals surface area contributed by atoms with Crippen molar-refractivity contribution in [2.45, 2.75) is 18.9 Å². The molecule has 0 bridgehead atoms. The summed E-state index contributed by atoms with van der Waals surface area (Å²) in [6, 6.07) is 3.15. The van der Waals surface area contributed by atoms with Crippen molar-refractivity contribution in [3.05, 3.63) is 18.0 Å². The minimum absolute atomic E-state index is 0.284. The molecule has 1 saturated heterocycles. The van der Waals surface area contributed by atoms with Crippen LogP contribution >= 0.6 is 0 Å². The molecule has 6 heteroatoms. The first kappa shape index (κ1) is 11.3. The van der Waals surface area contributed by atoms with Crippen LogP contribution < -0.4 is 4.90 Å². The van der Waals surface area contributed by atoms with Gasteiger partial charge in [0, 0.05) is 12.7 Å². The lowest BCUT2D eigenvalue weighted by atomic mass is 10.2. The molecule has 0 amide bonds. The zero-order valence-electron chi connectivity index (χ0n) is 9.46. The first-order chi connectivity index (χ1) is 8.26. The second kappa shape index (κ2) is 4.78. The van der Waals surface area contributed by atoms with E-state index in [1.165, 1.54) is 19.4 Å². The van der Waals surface area contributed by atoms with Crippen molar-refractivity contribution in [2.75, 3.05) is 18.6 Å². The molecule has 1 fully saturated rings. The lowest BCUT2D eigenvalue weighted by molar-refractivity contribution is -0.141. The summed E-state index contributed by atoms with van der Waals surface area (Å²) in [5.41, 5.74) is 0.297. The van der Waals surface area contributed by atoms with Crippen LogP contribution in [0.25, 0.3) is 0 Å². The van der Waals surface area contributed by atoms with Crippen LogP contribution in [-0.2, 0) is 9.53 Å². The summed E-state index contributed by atoms with van der Waals surface area (Å²) in [5.74, 6) is 0.130. The van der Waals surface area contributed by atoms with E-state index in [0.717, 1.165) is 12.8 Å². The Balaban J connectivity index is 2.26. The van der Waals surface area contributed by atoms with E-state index in [-0.39, 0.29) is 12.0 Å². The quantitative estimate of drug-likeness (QED) is 0.690. The molecule has 1 aliphatic heterocycles. The van der Waals surface area contributed by atoms with E-state index in [1.54, 1.807) is 4.90 Å². The van der Waals surface area contributed by atoms with Crippen molar-refractivity contribution in [1.82, 2.24) is 9.97 Å². The van der Waals surface area contributed by atoms with Crippen LogP contribution in [0.2, 0.25) is 0 Å². The fourth-order valence-corrected chi connectivity index (χ4v) is 1.94. The minimum atomic E-state index is -0.339. The molecule has 17 heavy (non-hydrogen) atoms. The van der Waals surface area contributed by atoms with Gasteiger partial charge in [-0.05, 0) is 18.9 Å². The first-order valence-electron chi connectivity index (χ1n) is 5.34. The molecular weight excluding hydrogens is 220 g/mol. The van der Waals surface area contributed by atoms with Gasteiger partial charge < -0.3 is 9.64 Å². The van der Waals surface area contributed by atoms with Crippen LogP contribution in [0.4, 0.5) is 5.95 Å². The fraction of sp³-hybridized carbons (Fsp3) is 0.455. The number of carbonyl (C=O) groups is 1. The van der Waals surface area contributed by atoms with Gasteiger partial charge in [0.25, 0.3) is 0 Å². The van der Waals surface area contributed by atoms with E-state index in [2.05, 4.69) is 9.97 Å². The average Bonchev–Trinajstić information content (AvgIpc) is 2.87. The van der Waals surface area contributed by atoms with Crippen LogP contribution in [0.5, 0.6) is 0 Å². The molecule has 0 radical (unpaired) electrons. The van der Waals surface area contributed by atoms with E-state index >= 15 is 0 Å². The predicted molar refractivity (Wildman–Crippen MR) is 59.1 cm³/mol. The number of esters is 1. The van der Waals surface area contributed by atoms with Crippen molar-refractivity contribution in [2.24, 2.45) is 0 Å². The van der Waals surface area contributed by atoms with E-state index in [4.69, 9.17) is 10.00 Å². The Morgan fingerprint density at radius 1 is 1.71 bits per heavy atom. The van der Waals surface area contributed by atoms with Gasteiger partial charge in [-0.1, -0.05) is 0 Å². The van der Waals surface area contributed by atoms with Crippen LogP contribution in [-0.4, -0.2) is 35.6 Å². The Morgan fingerprint density at radius 3 is 3.24 bits per heavy atom. The summed E-state index contributed by atoms with van der Waals surface area (Å²) in [7, 11) is 1.37. The van der Waals surface area contributed by atoms with Crippen molar-refractivity contribution in [3.63, 3.8) is 0 Å². The Labute approximate surface area is 98.8 Å². The number of hydrogen-bond donors (Lipinski definition) is 0. The number of carbonyl (C=O) groups excluding carboxylic acids is 1. The van der Waals surface area contributed by atoms with Gasteiger partial charge >= 0.3 is 5.97 Å². The van der Waals surface area contributed by atoms with Crippen LogP contribution in [0, 0.1) is 11.3 Å². The topological polar surface area (TPSA) is 79.1 Å². The number of anilines is 1. The standard InChI is InChI=1S/C11H12N4O2/c1-17-10(16)9-3-2-6-15(9)11-13-5-4-8(7-12)14-11/h4-5,9H,2-3,6H2,1H3. The van der Waals surface area contributed by atoms with Crippen molar-refractivity contribution in [3.8, 4) is 6.07 Å². The van der Waals surface area contributed by atoms with Crippen LogP contribution in [0.3, 0.4) is 0 Å². The van der Waals surface area contributed by atoms with Gasteiger partial charge in [-0.2, -0.15) is 5.26 Å². The molecule has 0 saturated carbocycles. The maximum absolute atomic E-state index is 11.6. The van der Waals surface area contributed by atoms with Crippen LogP contribution in [0.1, 0.15) is 18.5 Å². The number of aromatic nitrogens is 2. The molecule has 88 valence electrons. The van der Waals surface area contributed by atoms with Gasteiger partial charge in [-0.3, -0.25) is 0 Å². The molecule has 0 N–H and O–H groups in total. The maximum Gasteiger partial charge on any atom is 0.328 e. The third-order valence-corrected chi connectivity index (χ3v) is 2.74. The fourth-order valence-electron chi connectivity index (χ4n) is 1.94. The second-order valence-corrected chi connectivity index (χ2v) is 3.73. The molecule has 2 rings (SSSR count). The van der Waals surface area contributed by atoms with E-state index in [0.29, 0.717) is 18.2 Å². The molecule has 1 aromatic rings. The number of ether oxygens (including phenoxy) is 1. The Morgan fingerprint density at radius 2 is 2.53 bits per heavy atom. The Bertz CT molecular complexity index is 469. The number of methoxy groups -OCH3 is 1. The molecule has 6 nitrogen and oxygen atoms in total. The van der Waals surface area contributed by atoms with Crippen LogP contribution in [0.15, 0.2) is 12.3 Å². The normalized spacial score (nSPS) is 18.8. The third-order valence-electron chi connectivity index (χ3n) is 2.74. The second-order valence-electron chi connectivity index (χ2n) is 3.73. The van der Waals surface area contributed by atoms with Crippen molar-refractivity contribution in [1.29, 1.82) is 5.26 Å². The zero-order valence-corrected chi connectivity index (χ0v) is 9.46. The number of nitrogens with zero attached hydrogens (tertiary/aromatic N) is 4. The zero-order chi connectivity index (χ0) is 12.3. The lowest BCUT2D eigenvalue weighted by Gasteiger charge is -2.22. The Hall–Kier alpha value is -2.16. The Kier molecular flexibility index (Phi) is 3.19. The highest BCUT2D eigenvalue weighted by atomic mass is 16.5. The summed E-state index contributed by atoms with van der Waals surface area (Å²) < 4.78 is 4.74.